The van der Waals surface area contributed by atoms with Crippen molar-refractivity contribution in [3.63, 3.8) is 0 Å². The normalized spacial score (nSPS) is 23.6. The van der Waals surface area contributed by atoms with E-state index in [4.69, 9.17) is 0 Å². The second-order valence-electron chi connectivity index (χ2n) is 7.13. The fraction of sp³-hybridized carbons (Fsp3) is 0.600. The van der Waals surface area contributed by atoms with Gasteiger partial charge in [0.2, 0.25) is 5.91 Å². The molecule has 0 saturated carbocycles. The van der Waals surface area contributed by atoms with Gasteiger partial charge in [-0.3, -0.25) is 4.79 Å². The van der Waals surface area contributed by atoms with Gasteiger partial charge >= 0.3 is 6.03 Å². The molecule has 0 aliphatic carbocycles. The molecule has 1 aromatic rings. The summed E-state index contributed by atoms with van der Waals surface area (Å²) < 4.78 is 0. The first-order valence-corrected chi connectivity index (χ1v) is 10.7. The van der Waals surface area contributed by atoms with Gasteiger partial charge in [-0.15, -0.1) is 0 Å². The number of likely N-dealkylation sites (tertiary alicyclic amines) is 1. The first-order chi connectivity index (χ1) is 12.6. The van der Waals surface area contributed by atoms with Crippen molar-refractivity contribution in [2.75, 3.05) is 37.7 Å². The summed E-state index contributed by atoms with van der Waals surface area (Å²) in [5.74, 6) is 2.18. The fourth-order valence-electron chi connectivity index (χ4n) is 3.92. The monoisotopic (exact) mass is 375 g/mol. The standard InChI is InChI=1S/C20H29N3O2S/c1-3-21-20(25)23-14-17(19(24)22-9-11-26-12-10-22)7-8-18(23)16-6-4-5-15(2)13-16/h4-6,13,17-18H,3,7-12,14H2,1-2H3,(H,21,25)/t17-,18+/m0/s1. The van der Waals surface area contributed by atoms with Gasteiger partial charge in [0.25, 0.3) is 0 Å². The third-order valence-corrected chi connectivity index (χ3v) is 6.21. The van der Waals surface area contributed by atoms with Crippen molar-refractivity contribution >= 4 is 23.7 Å². The first kappa shape index (κ1) is 19.1. The number of aryl methyl sites for hydroxylation is 1. The van der Waals surface area contributed by atoms with Crippen LogP contribution in [0.2, 0.25) is 0 Å². The molecule has 2 aliphatic heterocycles. The van der Waals surface area contributed by atoms with E-state index in [1.165, 1.54) is 5.56 Å². The van der Waals surface area contributed by atoms with Crippen LogP contribution in [0.4, 0.5) is 4.79 Å². The maximum absolute atomic E-state index is 12.9. The van der Waals surface area contributed by atoms with Gasteiger partial charge in [0.1, 0.15) is 0 Å². The molecule has 142 valence electrons. The maximum atomic E-state index is 12.9. The van der Waals surface area contributed by atoms with Crippen LogP contribution in [-0.2, 0) is 4.79 Å². The average molecular weight is 376 g/mol. The molecule has 2 aliphatic rings. The Morgan fingerprint density at radius 1 is 1.23 bits per heavy atom. The quantitative estimate of drug-likeness (QED) is 0.883. The molecular formula is C20H29N3O2S. The number of nitrogens with zero attached hydrogens (tertiary/aromatic N) is 2. The highest BCUT2D eigenvalue weighted by Crippen LogP contribution is 2.34. The SMILES string of the molecule is CCNC(=O)N1C[C@@H](C(=O)N2CCSCC2)CC[C@@H]1c1cccc(C)c1. The number of nitrogens with one attached hydrogen (secondary N) is 1. The Morgan fingerprint density at radius 2 is 2.00 bits per heavy atom. The summed E-state index contributed by atoms with van der Waals surface area (Å²) in [6.07, 6.45) is 1.68. The van der Waals surface area contributed by atoms with Gasteiger partial charge in [0.05, 0.1) is 12.0 Å². The topological polar surface area (TPSA) is 52.7 Å². The van der Waals surface area contributed by atoms with Gasteiger partial charge in [0, 0.05) is 37.7 Å². The Bertz CT molecular complexity index is 646. The molecule has 0 unspecified atom stereocenters. The van der Waals surface area contributed by atoms with Crippen LogP contribution in [0.5, 0.6) is 0 Å². The molecule has 3 amide bonds. The molecule has 0 spiro atoms. The third-order valence-electron chi connectivity index (χ3n) is 5.27. The Labute approximate surface area is 160 Å². The average Bonchev–Trinajstić information content (AvgIpc) is 2.68. The van der Waals surface area contributed by atoms with Crippen molar-refractivity contribution in [1.82, 2.24) is 15.1 Å². The van der Waals surface area contributed by atoms with Crippen LogP contribution >= 0.6 is 11.8 Å². The number of carbonyl (C=O) groups excluding carboxylic acids is 2. The van der Waals surface area contributed by atoms with Crippen LogP contribution in [0.1, 0.15) is 36.9 Å². The van der Waals surface area contributed by atoms with Gasteiger partial charge < -0.3 is 15.1 Å². The maximum Gasteiger partial charge on any atom is 0.317 e. The Morgan fingerprint density at radius 3 is 2.69 bits per heavy atom. The van der Waals surface area contributed by atoms with E-state index in [-0.39, 0.29) is 23.9 Å². The van der Waals surface area contributed by atoms with Crippen LogP contribution < -0.4 is 5.32 Å². The van der Waals surface area contributed by atoms with Gasteiger partial charge in [-0.2, -0.15) is 11.8 Å². The van der Waals surface area contributed by atoms with E-state index >= 15 is 0 Å². The van der Waals surface area contributed by atoms with Crippen molar-refractivity contribution in [1.29, 1.82) is 0 Å². The number of hydrogen-bond donors (Lipinski definition) is 1. The van der Waals surface area contributed by atoms with Crippen molar-refractivity contribution in [2.24, 2.45) is 5.92 Å². The summed E-state index contributed by atoms with van der Waals surface area (Å²) in [5, 5.41) is 2.93. The largest absolute Gasteiger partial charge is 0.341 e. The third kappa shape index (κ3) is 4.34. The molecule has 3 rings (SSSR count). The molecule has 26 heavy (non-hydrogen) atoms. The number of thioether (sulfide) groups is 1. The summed E-state index contributed by atoms with van der Waals surface area (Å²) >= 11 is 1.91. The lowest BCUT2D eigenvalue weighted by Gasteiger charge is -2.41. The fourth-order valence-corrected chi connectivity index (χ4v) is 4.82. The minimum atomic E-state index is -0.0817. The molecule has 1 aromatic carbocycles. The van der Waals surface area contributed by atoms with Crippen LogP contribution in [0.15, 0.2) is 24.3 Å². The number of urea groups is 1. The van der Waals surface area contributed by atoms with Gasteiger partial charge in [-0.1, -0.05) is 29.8 Å². The minimum Gasteiger partial charge on any atom is -0.341 e. The van der Waals surface area contributed by atoms with Crippen LogP contribution in [0.3, 0.4) is 0 Å². The molecule has 2 fully saturated rings. The van der Waals surface area contributed by atoms with Gasteiger partial charge in [-0.25, -0.2) is 4.79 Å². The first-order valence-electron chi connectivity index (χ1n) is 9.57. The molecule has 0 bridgehead atoms. The van der Waals surface area contributed by atoms with E-state index in [2.05, 4.69) is 30.4 Å². The molecule has 2 atom stereocenters. The van der Waals surface area contributed by atoms with E-state index < -0.39 is 0 Å². The Balaban J connectivity index is 1.76. The van der Waals surface area contributed by atoms with E-state index in [9.17, 15) is 9.59 Å². The van der Waals surface area contributed by atoms with Crippen molar-refractivity contribution in [2.45, 2.75) is 32.7 Å². The zero-order valence-corrected chi connectivity index (χ0v) is 16.6. The summed E-state index contributed by atoms with van der Waals surface area (Å²) in [4.78, 5) is 29.5. The van der Waals surface area contributed by atoms with Crippen LogP contribution in [0, 0.1) is 12.8 Å². The summed E-state index contributed by atoms with van der Waals surface area (Å²) in [6.45, 7) is 6.77. The molecule has 1 N–H and O–H groups in total. The van der Waals surface area contributed by atoms with E-state index in [1.807, 2.05) is 34.6 Å². The number of rotatable bonds is 3. The highest BCUT2D eigenvalue weighted by molar-refractivity contribution is 7.99. The van der Waals surface area contributed by atoms with Crippen molar-refractivity contribution < 1.29 is 9.59 Å². The molecule has 0 radical (unpaired) electrons. The lowest BCUT2D eigenvalue weighted by atomic mass is 9.88. The van der Waals surface area contributed by atoms with E-state index in [0.717, 1.165) is 43.0 Å². The molecule has 0 aromatic heterocycles. The summed E-state index contributed by atoms with van der Waals surface area (Å²) in [7, 11) is 0. The van der Waals surface area contributed by atoms with Gasteiger partial charge in [-0.05, 0) is 32.3 Å². The summed E-state index contributed by atoms with van der Waals surface area (Å²) in [5.41, 5.74) is 2.36. The number of amides is 3. The van der Waals surface area contributed by atoms with Crippen molar-refractivity contribution in [3.05, 3.63) is 35.4 Å². The molecular weight excluding hydrogens is 346 g/mol. The predicted octanol–water partition coefficient (Wildman–Crippen LogP) is 3.05. The number of hydrogen-bond acceptors (Lipinski definition) is 3. The van der Waals surface area contributed by atoms with Gasteiger partial charge in [0.15, 0.2) is 0 Å². The zero-order valence-electron chi connectivity index (χ0n) is 15.7. The van der Waals surface area contributed by atoms with Crippen molar-refractivity contribution in [3.8, 4) is 0 Å². The lowest BCUT2D eigenvalue weighted by molar-refractivity contribution is -0.137. The van der Waals surface area contributed by atoms with Crippen LogP contribution in [-0.4, -0.2) is 59.4 Å². The van der Waals surface area contributed by atoms with E-state index in [0.29, 0.717) is 13.1 Å². The highest BCUT2D eigenvalue weighted by atomic mass is 32.2. The Kier molecular flexibility index (Phi) is 6.46. The van der Waals surface area contributed by atoms with Crippen LogP contribution in [0.25, 0.3) is 0 Å². The molecule has 2 saturated heterocycles. The Hall–Kier alpha value is -1.69. The second kappa shape index (κ2) is 8.80. The predicted molar refractivity (Wildman–Crippen MR) is 106 cm³/mol. The number of benzene rings is 1. The zero-order chi connectivity index (χ0) is 18.5. The summed E-state index contributed by atoms with van der Waals surface area (Å²) in [6, 6.07) is 8.34. The number of carbonyl (C=O) groups is 2. The highest BCUT2D eigenvalue weighted by Gasteiger charge is 2.37. The molecule has 5 nitrogen and oxygen atoms in total. The van der Waals surface area contributed by atoms with E-state index in [1.54, 1.807) is 0 Å². The minimum absolute atomic E-state index is 0.0439. The molecule has 6 heteroatoms. The molecule has 2 heterocycles. The smallest absolute Gasteiger partial charge is 0.317 e. The lowest BCUT2D eigenvalue weighted by Crippen LogP contribution is -2.51. The number of piperidine rings is 1. The second-order valence-corrected chi connectivity index (χ2v) is 8.35.